The van der Waals surface area contributed by atoms with Crippen molar-refractivity contribution in [2.45, 2.75) is 19.1 Å². The van der Waals surface area contributed by atoms with Gasteiger partial charge in [-0.05, 0) is 29.8 Å². The van der Waals surface area contributed by atoms with E-state index in [2.05, 4.69) is 5.32 Å². The second-order valence-electron chi connectivity index (χ2n) is 5.14. The van der Waals surface area contributed by atoms with Crippen molar-refractivity contribution in [3.8, 4) is 5.75 Å². The largest absolute Gasteiger partial charge is 0.489 e. The lowest BCUT2D eigenvalue weighted by Gasteiger charge is -2.13. The van der Waals surface area contributed by atoms with Crippen molar-refractivity contribution in [3.63, 3.8) is 0 Å². The number of hydrogen-bond acceptors (Lipinski definition) is 4. The van der Waals surface area contributed by atoms with Gasteiger partial charge < -0.3 is 20.5 Å². The topological polar surface area (TPSA) is 73.6 Å². The van der Waals surface area contributed by atoms with Crippen LogP contribution in [0.1, 0.15) is 12.0 Å². The fourth-order valence-electron chi connectivity index (χ4n) is 2.06. The number of nitrogens with two attached hydrogens (primary N) is 1. The third-order valence-corrected chi connectivity index (χ3v) is 3.40. The van der Waals surface area contributed by atoms with Gasteiger partial charge >= 0.3 is 0 Å². The van der Waals surface area contributed by atoms with Gasteiger partial charge in [0.1, 0.15) is 12.4 Å². The van der Waals surface area contributed by atoms with Crippen LogP contribution < -0.4 is 15.8 Å². The molecule has 3 N–H and O–H groups in total. The molecule has 1 amide bonds. The zero-order chi connectivity index (χ0) is 16.5. The smallest absolute Gasteiger partial charge is 0.227 e. The van der Waals surface area contributed by atoms with Crippen LogP contribution >= 0.6 is 0 Å². The molecule has 0 fully saturated rings. The van der Waals surface area contributed by atoms with E-state index in [1.807, 2.05) is 54.6 Å². The maximum absolute atomic E-state index is 11.9. The van der Waals surface area contributed by atoms with E-state index >= 15 is 0 Å². The van der Waals surface area contributed by atoms with E-state index in [4.69, 9.17) is 15.2 Å². The highest BCUT2D eigenvalue weighted by atomic mass is 16.5. The van der Waals surface area contributed by atoms with E-state index in [1.54, 1.807) is 7.11 Å². The molecule has 5 nitrogen and oxygen atoms in total. The maximum Gasteiger partial charge on any atom is 0.227 e. The van der Waals surface area contributed by atoms with E-state index in [-0.39, 0.29) is 18.4 Å². The van der Waals surface area contributed by atoms with Crippen LogP contribution in [0.15, 0.2) is 54.6 Å². The van der Waals surface area contributed by atoms with Crippen LogP contribution in [0.25, 0.3) is 0 Å². The van der Waals surface area contributed by atoms with Gasteiger partial charge in [0.05, 0.1) is 12.5 Å². The Bertz CT molecular complexity index is 595. The van der Waals surface area contributed by atoms with Gasteiger partial charge in [-0.1, -0.05) is 30.3 Å². The first-order valence-corrected chi connectivity index (χ1v) is 7.50. The summed E-state index contributed by atoms with van der Waals surface area (Å²) < 4.78 is 10.8. The average molecular weight is 314 g/mol. The number of methoxy groups -OCH3 is 1. The Kier molecular flexibility index (Phi) is 6.59. The molecule has 0 aliphatic carbocycles. The molecule has 1 unspecified atom stereocenters. The molecular formula is C18H22N2O3. The number of benzene rings is 2. The van der Waals surface area contributed by atoms with Gasteiger partial charge in [0.25, 0.3) is 0 Å². The number of nitrogens with one attached hydrogen (secondary N) is 1. The lowest BCUT2D eigenvalue weighted by Crippen LogP contribution is -2.28. The molecule has 0 bridgehead atoms. The van der Waals surface area contributed by atoms with Crippen molar-refractivity contribution in [2.24, 2.45) is 5.73 Å². The average Bonchev–Trinajstić information content (AvgIpc) is 2.60. The Labute approximate surface area is 136 Å². The number of rotatable bonds is 8. The minimum Gasteiger partial charge on any atom is -0.489 e. The molecule has 0 heterocycles. The molecular weight excluding hydrogens is 292 g/mol. The molecule has 2 aromatic carbocycles. The number of ether oxygens (including phenoxy) is 2. The molecule has 0 saturated carbocycles. The first-order chi connectivity index (χ1) is 11.2. The molecule has 0 aliphatic rings. The van der Waals surface area contributed by atoms with Crippen LogP contribution in [0.2, 0.25) is 0 Å². The molecule has 0 aromatic heterocycles. The lowest BCUT2D eigenvalue weighted by molar-refractivity contribution is -0.118. The predicted molar refractivity (Wildman–Crippen MR) is 90.3 cm³/mol. The van der Waals surface area contributed by atoms with Crippen LogP contribution in [0.4, 0.5) is 5.69 Å². The highest BCUT2D eigenvalue weighted by molar-refractivity contribution is 5.91. The first kappa shape index (κ1) is 17.0. The summed E-state index contributed by atoms with van der Waals surface area (Å²) in [6.07, 6.45) is -0.0253. The van der Waals surface area contributed by atoms with Gasteiger partial charge in [-0.3, -0.25) is 4.79 Å². The Morgan fingerprint density at radius 3 is 2.43 bits per heavy atom. The normalized spacial score (nSPS) is 11.7. The van der Waals surface area contributed by atoms with Crippen molar-refractivity contribution in [3.05, 3.63) is 60.2 Å². The molecule has 122 valence electrons. The lowest BCUT2D eigenvalue weighted by atomic mass is 10.2. The van der Waals surface area contributed by atoms with Gasteiger partial charge in [-0.25, -0.2) is 0 Å². The molecule has 2 aromatic rings. The van der Waals surface area contributed by atoms with Crippen molar-refractivity contribution >= 4 is 11.6 Å². The summed E-state index contributed by atoms with van der Waals surface area (Å²) in [5.41, 5.74) is 7.33. The summed E-state index contributed by atoms with van der Waals surface area (Å²) in [6.45, 7) is 0.828. The van der Waals surface area contributed by atoms with Crippen molar-refractivity contribution in [2.75, 3.05) is 19.0 Å². The fourth-order valence-corrected chi connectivity index (χ4v) is 2.06. The van der Waals surface area contributed by atoms with Gasteiger partial charge in [-0.2, -0.15) is 0 Å². The Hall–Kier alpha value is -2.37. The Morgan fingerprint density at radius 1 is 1.13 bits per heavy atom. The number of amides is 1. The van der Waals surface area contributed by atoms with Crippen molar-refractivity contribution < 1.29 is 14.3 Å². The van der Waals surface area contributed by atoms with Gasteiger partial charge in [0, 0.05) is 19.3 Å². The van der Waals surface area contributed by atoms with Crippen LogP contribution in [0.3, 0.4) is 0 Å². The monoisotopic (exact) mass is 314 g/mol. The van der Waals surface area contributed by atoms with Crippen LogP contribution in [-0.4, -0.2) is 25.7 Å². The minimum atomic E-state index is -0.261. The maximum atomic E-state index is 11.9. The Balaban J connectivity index is 1.83. The fraction of sp³-hybridized carbons (Fsp3) is 0.278. The van der Waals surface area contributed by atoms with E-state index in [0.29, 0.717) is 18.8 Å². The third-order valence-electron chi connectivity index (χ3n) is 3.40. The number of hydrogen-bond donors (Lipinski definition) is 2. The predicted octanol–water partition coefficient (Wildman–Crippen LogP) is 2.57. The number of carbonyl (C=O) groups excluding carboxylic acids is 1. The zero-order valence-corrected chi connectivity index (χ0v) is 13.2. The summed E-state index contributed by atoms with van der Waals surface area (Å²) in [5.74, 6) is 0.629. The van der Waals surface area contributed by atoms with E-state index < -0.39 is 0 Å². The summed E-state index contributed by atoms with van der Waals surface area (Å²) in [5, 5.41) is 2.81. The highest BCUT2D eigenvalue weighted by Gasteiger charge is 2.11. The van der Waals surface area contributed by atoms with Crippen molar-refractivity contribution in [1.82, 2.24) is 0 Å². The number of anilines is 1. The minimum absolute atomic E-state index is 0.125. The number of carbonyl (C=O) groups is 1. The van der Waals surface area contributed by atoms with Gasteiger partial charge in [0.15, 0.2) is 0 Å². The van der Waals surface area contributed by atoms with E-state index in [1.165, 1.54) is 0 Å². The van der Waals surface area contributed by atoms with Gasteiger partial charge in [-0.15, -0.1) is 0 Å². The van der Waals surface area contributed by atoms with Crippen molar-refractivity contribution in [1.29, 1.82) is 0 Å². The molecule has 1 atom stereocenters. The van der Waals surface area contributed by atoms with E-state index in [9.17, 15) is 4.79 Å². The van der Waals surface area contributed by atoms with Crippen LogP contribution in [-0.2, 0) is 16.1 Å². The first-order valence-electron chi connectivity index (χ1n) is 7.50. The van der Waals surface area contributed by atoms with E-state index in [0.717, 1.165) is 11.3 Å². The summed E-state index contributed by atoms with van der Waals surface area (Å²) in [7, 11) is 1.55. The third kappa shape index (κ3) is 5.73. The molecule has 0 radical (unpaired) electrons. The van der Waals surface area contributed by atoms with Crippen LogP contribution in [0, 0.1) is 0 Å². The standard InChI is InChI=1S/C18H22N2O3/c1-22-17(12-19)11-18(21)20-15-7-9-16(10-8-15)23-13-14-5-3-2-4-6-14/h2-10,17H,11-13,19H2,1H3,(H,20,21). The second kappa shape index (κ2) is 8.92. The highest BCUT2D eigenvalue weighted by Crippen LogP contribution is 2.17. The molecule has 0 saturated heterocycles. The second-order valence-corrected chi connectivity index (χ2v) is 5.14. The molecule has 23 heavy (non-hydrogen) atoms. The molecule has 2 rings (SSSR count). The SMILES string of the molecule is COC(CN)CC(=O)Nc1ccc(OCc2ccccc2)cc1. The van der Waals surface area contributed by atoms with Crippen LogP contribution in [0.5, 0.6) is 5.75 Å². The molecule has 0 spiro atoms. The quantitative estimate of drug-likeness (QED) is 0.785. The molecule has 0 aliphatic heterocycles. The summed E-state index contributed by atoms with van der Waals surface area (Å²) in [6, 6.07) is 17.2. The van der Waals surface area contributed by atoms with Gasteiger partial charge in [0.2, 0.25) is 5.91 Å². The summed E-state index contributed by atoms with van der Waals surface area (Å²) in [4.78, 5) is 11.9. The summed E-state index contributed by atoms with van der Waals surface area (Å²) >= 11 is 0. The Morgan fingerprint density at radius 2 is 1.83 bits per heavy atom. The zero-order valence-electron chi connectivity index (χ0n) is 13.2. The molecule has 5 heteroatoms.